The quantitative estimate of drug-likeness (QED) is 0.607. The maximum Gasteiger partial charge on any atom is 0.354 e. The smallest absolute Gasteiger partial charge is 0.354 e. The minimum atomic E-state index is -1.09. The highest BCUT2D eigenvalue weighted by Gasteiger charge is 2.13. The maximum atomic E-state index is 12.2. The van der Waals surface area contributed by atoms with Crippen molar-refractivity contribution < 1.29 is 14.7 Å². The van der Waals surface area contributed by atoms with E-state index >= 15 is 0 Å². The Balaban J connectivity index is 1.62. The molecule has 0 atom stereocenters. The van der Waals surface area contributed by atoms with Gasteiger partial charge in [0.1, 0.15) is 5.69 Å². The molecule has 0 bridgehead atoms. The van der Waals surface area contributed by atoms with Crippen LogP contribution in [0.15, 0.2) is 36.5 Å². The molecule has 3 aromatic rings. The Morgan fingerprint density at radius 1 is 1.18 bits per heavy atom. The highest BCUT2D eigenvalue weighted by molar-refractivity contribution is 6.35. The first-order valence-electron chi connectivity index (χ1n) is 8.37. The summed E-state index contributed by atoms with van der Waals surface area (Å²) in [6, 6.07) is 8.38. The van der Waals surface area contributed by atoms with Crippen LogP contribution in [0.5, 0.6) is 0 Å². The van der Waals surface area contributed by atoms with Gasteiger partial charge in [0.15, 0.2) is 5.82 Å². The summed E-state index contributed by atoms with van der Waals surface area (Å²) >= 11 is 12.1. The van der Waals surface area contributed by atoms with Crippen molar-refractivity contribution in [1.29, 1.82) is 0 Å². The third-order valence-corrected chi connectivity index (χ3v) is 4.66. The van der Waals surface area contributed by atoms with Crippen molar-refractivity contribution in [2.75, 3.05) is 5.32 Å². The summed E-state index contributed by atoms with van der Waals surface area (Å²) in [4.78, 5) is 23.2. The molecular formula is C18H17Cl2N5O3. The summed E-state index contributed by atoms with van der Waals surface area (Å²) in [5.41, 5.74) is 1.74. The molecular weight excluding hydrogens is 405 g/mol. The standard InChI is InChI=1S/C18H17Cl2N5O3/c1-11-8-16(23-25(11)10-12-2-3-13(19)9-14(12)20)22-17(26)5-7-24-15(18(27)28)4-6-21-24/h2-4,6,8-9H,5,7,10H2,1H3,(H,27,28)(H,22,23,26). The van der Waals surface area contributed by atoms with Gasteiger partial charge in [-0.1, -0.05) is 29.3 Å². The minimum absolute atomic E-state index is 0.0350. The van der Waals surface area contributed by atoms with Crippen LogP contribution in [-0.2, 0) is 17.9 Å². The lowest BCUT2D eigenvalue weighted by Gasteiger charge is -2.07. The Morgan fingerprint density at radius 3 is 2.68 bits per heavy atom. The number of benzene rings is 1. The second-order valence-electron chi connectivity index (χ2n) is 6.11. The van der Waals surface area contributed by atoms with Crippen molar-refractivity contribution in [3.05, 3.63) is 63.5 Å². The Morgan fingerprint density at radius 2 is 1.96 bits per heavy atom. The van der Waals surface area contributed by atoms with Gasteiger partial charge < -0.3 is 10.4 Å². The molecule has 2 heterocycles. The van der Waals surface area contributed by atoms with E-state index in [4.69, 9.17) is 28.3 Å². The van der Waals surface area contributed by atoms with Crippen LogP contribution in [0, 0.1) is 6.92 Å². The van der Waals surface area contributed by atoms with Crippen molar-refractivity contribution in [1.82, 2.24) is 19.6 Å². The molecule has 10 heteroatoms. The third-order valence-electron chi connectivity index (χ3n) is 4.07. The van der Waals surface area contributed by atoms with E-state index in [1.165, 1.54) is 16.9 Å². The molecule has 2 N–H and O–H groups in total. The summed E-state index contributed by atoms with van der Waals surface area (Å²) in [5.74, 6) is -0.972. The molecule has 0 unspecified atom stereocenters. The van der Waals surface area contributed by atoms with Gasteiger partial charge in [-0.25, -0.2) is 4.79 Å². The van der Waals surface area contributed by atoms with E-state index in [1.54, 1.807) is 22.9 Å². The van der Waals surface area contributed by atoms with E-state index in [2.05, 4.69) is 15.5 Å². The van der Waals surface area contributed by atoms with Crippen molar-refractivity contribution >= 4 is 40.9 Å². The Labute approximate surface area is 170 Å². The van der Waals surface area contributed by atoms with Gasteiger partial charge in [0.25, 0.3) is 0 Å². The summed E-state index contributed by atoms with van der Waals surface area (Å²) in [6.45, 7) is 2.46. The van der Waals surface area contributed by atoms with Gasteiger partial charge in [-0.05, 0) is 30.7 Å². The summed E-state index contributed by atoms with van der Waals surface area (Å²) < 4.78 is 3.00. The van der Waals surface area contributed by atoms with Gasteiger partial charge in [0.2, 0.25) is 5.91 Å². The molecule has 8 nitrogen and oxygen atoms in total. The molecule has 0 aliphatic heterocycles. The number of aromatic carboxylic acids is 1. The largest absolute Gasteiger partial charge is 0.477 e. The first-order chi connectivity index (χ1) is 13.3. The number of anilines is 1. The van der Waals surface area contributed by atoms with Gasteiger partial charge in [-0.2, -0.15) is 10.2 Å². The number of carbonyl (C=O) groups is 2. The van der Waals surface area contributed by atoms with E-state index in [0.717, 1.165) is 11.3 Å². The van der Waals surface area contributed by atoms with Crippen molar-refractivity contribution in [2.45, 2.75) is 26.4 Å². The fourth-order valence-corrected chi connectivity index (χ4v) is 3.12. The minimum Gasteiger partial charge on any atom is -0.477 e. The zero-order valence-electron chi connectivity index (χ0n) is 14.9. The number of amides is 1. The number of carboxylic acid groups (broad SMARTS) is 1. The molecule has 0 spiro atoms. The molecule has 1 amide bonds. The summed E-state index contributed by atoms with van der Waals surface area (Å²) in [6.07, 6.45) is 1.45. The molecule has 2 aromatic heterocycles. The first kappa shape index (κ1) is 19.9. The highest BCUT2D eigenvalue weighted by atomic mass is 35.5. The molecule has 0 aliphatic rings. The van der Waals surface area contributed by atoms with Crippen LogP contribution in [-0.4, -0.2) is 36.5 Å². The molecule has 3 rings (SSSR count). The monoisotopic (exact) mass is 421 g/mol. The Hall–Kier alpha value is -2.84. The number of nitrogens with zero attached hydrogens (tertiary/aromatic N) is 4. The number of rotatable bonds is 7. The normalized spacial score (nSPS) is 10.8. The predicted octanol–water partition coefficient (Wildman–Crippen LogP) is 3.47. The second-order valence-corrected chi connectivity index (χ2v) is 6.95. The SMILES string of the molecule is Cc1cc(NC(=O)CCn2nccc2C(=O)O)nn1Cc1ccc(Cl)cc1Cl. The van der Waals surface area contributed by atoms with Gasteiger partial charge >= 0.3 is 5.97 Å². The van der Waals surface area contributed by atoms with E-state index < -0.39 is 5.97 Å². The topological polar surface area (TPSA) is 102 Å². The Bertz CT molecular complexity index is 1030. The van der Waals surface area contributed by atoms with Crippen LogP contribution >= 0.6 is 23.2 Å². The third kappa shape index (κ3) is 4.71. The van der Waals surface area contributed by atoms with Gasteiger partial charge in [-0.15, -0.1) is 0 Å². The van der Waals surface area contributed by atoms with E-state index in [0.29, 0.717) is 22.4 Å². The van der Waals surface area contributed by atoms with E-state index in [-0.39, 0.29) is 24.6 Å². The molecule has 0 saturated heterocycles. The molecule has 0 fully saturated rings. The van der Waals surface area contributed by atoms with E-state index in [1.807, 2.05) is 13.0 Å². The number of carboxylic acids is 1. The lowest BCUT2D eigenvalue weighted by Crippen LogP contribution is -2.17. The second kappa shape index (κ2) is 8.45. The fraction of sp³-hybridized carbons (Fsp3) is 0.222. The number of halogens is 2. The zero-order chi connectivity index (χ0) is 20.3. The number of nitrogens with one attached hydrogen (secondary N) is 1. The maximum absolute atomic E-state index is 12.2. The van der Waals surface area contributed by atoms with Crippen molar-refractivity contribution in [3.63, 3.8) is 0 Å². The van der Waals surface area contributed by atoms with Crippen LogP contribution in [0.3, 0.4) is 0 Å². The highest BCUT2D eigenvalue weighted by Crippen LogP contribution is 2.22. The number of hydrogen-bond donors (Lipinski definition) is 2. The van der Waals surface area contributed by atoms with Gasteiger partial charge in [-0.3, -0.25) is 14.2 Å². The number of hydrogen-bond acceptors (Lipinski definition) is 4. The van der Waals surface area contributed by atoms with Gasteiger partial charge in [0.05, 0.1) is 13.1 Å². The fourth-order valence-electron chi connectivity index (χ4n) is 2.65. The first-order valence-corrected chi connectivity index (χ1v) is 9.12. The molecule has 1 aromatic carbocycles. The average Bonchev–Trinajstić information content (AvgIpc) is 3.22. The van der Waals surface area contributed by atoms with Crippen LogP contribution in [0.1, 0.15) is 28.2 Å². The van der Waals surface area contributed by atoms with Crippen molar-refractivity contribution in [3.8, 4) is 0 Å². The number of carbonyl (C=O) groups excluding carboxylic acids is 1. The zero-order valence-corrected chi connectivity index (χ0v) is 16.4. The molecule has 0 radical (unpaired) electrons. The van der Waals surface area contributed by atoms with Crippen LogP contribution in [0.4, 0.5) is 5.82 Å². The van der Waals surface area contributed by atoms with Crippen LogP contribution < -0.4 is 5.32 Å². The van der Waals surface area contributed by atoms with Gasteiger partial charge in [0, 0.05) is 34.4 Å². The summed E-state index contributed by atoms with van der Waals surface area (Å²) in [7, 11) is 0. The van der Waals surface area contributed by atoms with Crippen molar-refractivity contribution in [2.24, 2.45) is 0 Å². The lowest BCUT2D eigenvalue weighted by atomic mass is 10.2. The summed E-state index contributed by atoms with van der Waals surface area (Å²) in [5, 5.41) is 21.1. The molecule has 146 valence electrons. The molecule has 28 heavy (non-hydrogen) atoms. The predicted molar refractivity (Wildman–Crippen MR) is 105 cm³/mol. The molecule has 0 saturated carbocycles. The number of aryl methyl sites for hydroxylation is 2. The Kier molecular flexibility index (Phi) is 6.01. The lowest BCUT2D eigenvalue weighted by molar-refractivity contribution is -0.116. The van der Waals surface area contributed by atoms with E-state index in [9.17, 15) is 9.59 Å². The van der Waals surface area contributed by atoms with Crippen LogP contribution in [0.2, 0.25) is 10.0 Å². The number of aromatic nitrogens is 4. The van der Waals surface area contributed by atoms with Crippen LogP contribution in [0.25, 0.3) is 0 Å². The molecule has 0 aliphatic carbocycles. The average molecular weight is 422 g/mol.